The standard InChI is InChI=1S/C11H10ClF3N2O4/c12-7-1-2-9(17(20)21)8(5-7)10(19)16(3-4-18)6-11(13,14)15/h1-2,5,18H,3-4,6H2. The molecule has 0 saturated heterocycles. The molecule has 10 heteroatoms. The maximum atomic E-state index is 12.4. The predicted molar refractivity (Wildman–Crippen MR) is 67.2 cm³/mol. The van der Waals surface area contributed by atoms with E-state index in [9.17, 15) is 28.1 Å². The number of carbonyl (C=O) groups is 1. The normalized spacial score (nSPS) is 11.3. The first kappa shape index (κ1) is 17.2. The fourth-order valence-corrected chi connectivity index (χ4v) is 1.77. The summed E-state index contributed by atoms with van der Waals surface area (Å²) in [6, 6.07) is 3.00. The molecular weight excluding hydrogens is 317 g/mol. The Hall–Kier alpha value is -1.87. The van der Waals surface area contributed by atoms with Gasteiger partial charge in [-0.2, -0.15) is 13.2 Å². The van der Waals surface area contributed by atoms with Gasteiger partial charge in [-0.15, -0.1) is 0 Å². The first-order valence-electron chi connectivity index (χ1n) is 5.56. The minimum Gasteiger partial charge on any atom is -0.395 e. The number of amides is 1. The SMILES string of the molecule is O=C(c1cc(Cl)ccc1[N+](=O)[O-])N(CCO)CC(F)(F)F. The first-order valence-corrected chi connectivity index (χ1v) is 5.94. The minimum atomic E-state index is -4.70. The maximum Gasteiger partial charge on any atom is 0.406 e. The van der Waals surface area contributed by atoms with Crippen molar-refractivity contribution >= 4 is 23.2 Å². The molecule has 0 fully saturated rings. The van der Waals surface area contributed by atoms with Gasteiger partial charge in [0.1, 0.15) is 12.1 Å². The summed E-state index contributed by atoms with van der Waals surface area (Å²) in [5.74, 6) is -1.23. The topological polar surface area (TPSA) is 83.7 Å². The number of carbonyl (C=O) groups excluding carboxylic acids is 1. The van der Waals surface area contributed by atoms with Gasteiger partial charge in [-0.1, -0.05) is 11.6 Å². The number of hydrogen-bond donors (Lipinski definition) is 1. The molecule has 0 heterocycles. The zero-order valence-electron chi connectivity index (χ0n) is 10.4. The summed E-state index contributed by atoms with van der Waals surface area (Å²) in [7, 11) is 0. The van der Waals surface area contributed by atoms with Crippen LogP contribution in [0.5, 0.6) is 0 Å². The Labute approximate surface area is 121 Å². The average Bonchev–Trinajstić information content (AvgIpc) is 2.35. The molecule has 1 amide bonds. The van der Waals surface area contributed by atoms with Crippen molar-refractivity contribution in [2.24, 2.45) is 0 Å². The van der Waals surface area contributed by atoms with Crippen LogP contribution < -0.4 is 0 Å². The monoisotopic (exact) mass is 326 g/mol. The zero-order chi connectivity index (χ0) is 16.2. The lowest BCUT2D eigenvalue weighted by Crippen LogP contribution is -2.40. The number of nitrogens with zero attached hydrogens (tertiary/aromatic N) is 2. The van der Waals surface area contributed by atoms with Crippen molar-refractivity contribution in [1.29, 1.82) is 0 Å². The van der Waals surface area contributed by atoms with Crippen molar-refractivity contribution in [1.82, 2.24) is 4.90 Å². The van der Waals surface area contributed by atoms with Crippen LogP contribution in [0.25, 0.3) is 0 Å². The highest BCUT2D eigenvalue weighted by atomic mass is 35.5. The summed E-state index contributed by atoms with van der Waals surface area (Å²) in [6.45, 7) is -2.95. The number of rotatable bonds is 5. The summed E-state index contributed by atoms with van der Waals surface area (Å²) in [5.41, 5.74) is -1.22. The van der Waals surface area contributed by atoms with Gasteiger partial charge >= 0.3 is 6.18 Å². The molecule has 0 aliphatic heterocycles. The van der Waals surface area contributed by atoms with Gasteiger partial charge in [0, 0.05) is 17.6 Å². The van der Waals surface area contributed by atoms with Gasteiger partial charge in [0.2, 0.25) is 0 Å². The van der Waals surface area contributed by atoms with Gasteiger partial charge in [0.25, 0.3) is 11.6 Å². The molecule has 0 atom stereocenters. The van der Waals surface area contributed by atoms with Gasteiger partial charge in [-0.3, -0.25) is 14.9 Å². The van der Waals surface area contributed by atoms with Crippen LogP contribution in [-0.4, -0.2) is 46.7 Å². The molecule has 0 spiro atoms. The lowest BCUT2D eigenvalue weighted by molar-refractivity contribution is -0.385. The summed E-state index contributed by atoms with van der Waals surface area (Å²) in [4.78, 5) is 22.2. The van der Waals surface area contributed by atoms with Crippen molar-refractivity contribution in [2.45, 2.75) is 6.18 Å². The quantitative estimate of drug-likeness (QED) is 0.664. The molecule has 0 saturated carbocycles. The van der Waals surface area contributed by atoms with Crippen molar-refractivity contribution in [3.8, 4) is 0 Å². The number of aliphatic hydroxyl groups is 1. The van der Waals surface area contributed by atoms with Gasteiger partial charge in [0.15, 0.2) is 0 Å². The van der Waals surface area contributed by atoms with E-state index in [-0.39, 0.29) is 9.92 Å². The van der Waals surface area contributed by atoms with Crippen molar-refractivity contribution in [2.75, 3.05) is 19.7 Å². The minimum absolute atomic E-state index is 0.0279. The van der Waals surface area contributed by atoms with E-state index in [1.54, 1.807) is 0 Å². The fourth-order valence-electron chi connectivity index (χ4n) is 1.60. The van der Waals surface area contributed by atoms with Gasteiger partial charge < -0.3 is 10.0 Å². The summed E-state index contributed by atoms with van der Waals surface area (Å²) < 4.78 is 37.2. The Balaban J connectivity index is 3.19. The molecule has 1 N–H and O–H groups in total. The first-order chi connectivity index (χ1) is 9.65. The second-order valence-electron chi connectivity index (χ2n) is 3.98. The van der Waals surface area contributed by atoms with Crippen molar-refractivity contribution in [3.05, 3.63) is 38.9 Å². The summed E-state index contributed by atoms with van der Waals surface area (Å²) >= 11 is 5.62. The molecule has 0 unspecified atom stereocenters. The number of hydrogen-bond acceptors (Lipinski definition) is 4. The van der Waals surface area contributed by atoms with Crippen LogP contribution >= 0.6 is 11.6 Å². The Morgan fingerprint density at radius 1 is 1.43 bits per heavy atom. The molecule has 1 aromatic carbocycles. The van der Waals surface area contributed by atoms with E-state index in [4.69, 9.17) is 16.7 Å². The van der Waals surface area contributed by atoms with Crippen LogP contribution in [0, 0.1) is 10.1 Å². The molecule has 21 heavy (non-hydrogen) atoms. The highest BCUT2D eigenvalue weighted by molar-refractivity contribution is 6.31. The van der Waals surface area contributed by atoms with Gasteiger partial charge in [-0.25, -0.2) is 0 Å². The maximum absolute atomic E-state index is 12.4. The Morgan fingerprint density at radius 3 is 2.52 bits per heavy atom. The lowest BCUT2D eigenvalue weighted by Gasteiger charge is -2.23. The lowest BCUT2D eigenvalue weighted by atomic mass is 10.1. The molecule has 0 bridgehead atoms. The third-order valence-electron chi connectivity index (χ3n) is 2.41. The number of nitro groups is 1. The fraction of sp³-hybridized carbons (Fsp3) is 0.364. The molecule has 0 radical (unpaired) electrons. The zero-order valence-corrected chi connectivity index (χ0v) is 11.2. The molecule has 1 aromatic rings. The molecule has 6 nitrogen and oxygen atoms in total. The highest BCUT2D eigenvalue weighted by Gasteiger charge is 2.35. The Kier molecular flexibility index (Phi) is 5.50. The second-order valence-corrected chi connectivity index (χ2v) is 4.42. The molecule has 116 valence electrons. The number of nitro benzene ring substituents is 1. The van der Waals surface area contributed by atoms with Crippen LogP contribution in [-0.2, 0) is 0 Å². The molecule has 0 aromatic heterocycles. The van der Waals surface area contributed by atoms with E-state index in [2.05, 4.69) is 0 Å². The van der Waals surface area contributed by atoms with Crippen LogP contribution in [0.15, 0.2) is 18.2 Å². The summed E-state index contributed by atoms with van der Waals surface area (Å²) in [6.07, 6.45) is -4.70. The number of aliphatic hydroxyl groups excluding tert-OH is 1. The van der Waals surface area contributed by atoms with Crippen molar-refractivity contribution in [3.63, 3.8) is 0 Å². The number of halogens is 4. The van der Waals surface area contributed by atoms with E-state index in [1.165, 1.54) is 0 Å². The van der Waals surface area contributed by atoms with Crippen LogP contribution in [0.4, 0.5) is 18.9 Å². The van der Waals surface area contributed by atoms with Gasteiger partial charge in [-0.05, 0) is 12.1 Å². The summed E-state index contributed by atoms with van der Waals surface area (Å²) in [5, 5.41) is 19.5. The predicted octanol–water partition coefficient (Wildman–Crippen LogP) is 2.25. The van der Waals surface area contributed by atoms with Crippen LogP contribution in [0.1, 0.15) is 10.4 Å². The largest absolute Gasteiger partial charge is 0.406 e. The third-order valence-corrected chi connectivity index (χ3v) is 2.65. The van der Waals surface area contributed by atoms with E-state index < -0.39 is 48.0 Å². The van der Waals surface area contributed by atoms with Gasteiger partial charge in [0.05, 0.1) is 11.5 Å². The van der Waals surface area contributed by atoms with Crippen LogP contribution in [0.3, 0.4) is 0 Å². The third kappa shape index (κ3) is 4.87. The van der Waals surface area contributed by atoms with E-state index in [0.29, 0.717) is 0 Å². The van der Waals surface area contributed by atoms with Crippen LogP contribution in [0.2, 0.25) is 5.02 Å². The van der Waals surface area contributed by atoms with Crippen molar-refractivity contribution < 1.29 is 28.0 Å². The average molecular weight is 327 g/mol. The number of alkyl halides is 3. The van der Waals surface area contributed by atoms with E-state index in [1.807, 2.05) is 0 Å². The number of benzene rings is 1. The Bertz CT molecular complexity index is 551. The molecule has 1 rings (SSSR count). The molecular formula is C11H10ClF3N2O4. The van der Waals surface area contributed by atoms with E-state index in [0.717, 1.165) is 18.2 Å². The van der Waals surface area contributed by atoms with E-state index >= 15 is 0 Å². The molecule has 0 aliphatic rings. The Morgan fingerprint density at radius 2 is 2.05 bits per heavy atom. The second kappa shape index (κ2) is 6.72. The highest BCUT2D eigenvalue weighted by Crippen LogP contribution is 2.25. The molecule has 0 aliphatic carbocycles. The smallest absolute Gasteiger partial charge is 0.395 e.